The van der Waals surface area contributed by atoms with Crippen molar-refractivity contribution in [1.82, 2.24) is 0 Å². The van der Waals surface area contributed by atoms with Crippen molar-refractivity contribution in [3.8, 4) is 0 Å². The van der Waals surface area contributed by atoms with Crippen molar-refractivity contribution in [3.63, 3.8) is 0 Å². The zero-order valence-corrected chi connectivity index (χ0v) is 10.3. The van der Waals surface area contributed by atoms with E-state index in [0.29, 0.717) is 5.56 Å². The Morgan fingerprint density at radius 3 is 2.50 bits per heavy atom. The Hall–Kier alpha value is -1.33. The molecule has 0 bridgehead atoms. The van der Waals surface area contributed by atoms with Gasteiger partial charge in [0.2, 0.25) is 0 Å². The molecule has 1 unspecified atom stereocenters. The van der Waals surface area contributed by atoms with Crippen LogP contribution in [-0.4, -0.2) is 5.11 Å². The van der Waals surface area contributed by atoms with Gasteiger partial charge in [-0.1, -0.05) is 12.1 Å². The van der Waals surface area contributed by atoms with E-state index < -0.39 is 17.8 Å². The first-order valence-corrected chi connectivity index (χ1v) is 6.17. The lowest BCUT2D eigenvalue weighted by molar-refractivity contribution is -0.137. The van der Waals surface area contributed by atoms with Gasteiger partial charge < -0.3 is 5.11 Å². The lowest BCUT2D eigenvalue weighted by Crippen LogP contribution is -2.07. The summed E-state index contributed by atoms with van der Waals surface area (Å²) in [6, 6.07) is 6.52. The van der Waals surface area contributed by atoms with Crippen molar-refractivity contribution in [1.29, 1.82) is 0 Å². The maximum Gasteiger partial charge on any atom is 0.416 e. The minimum atomic E-state index is -4.39. The Balaban J connectivity index is 2.38. The second kappa shape index (κ2) is 4.74. The number of alkyl halides is 3. The van der Waals surface area contributed by atoms with Gasteiger partial charge in [0.1, 0.15) is 6.10 Å². The Kier molecular flexibility index (Phi) is 3.45. The molecular formula is C13H11F3OS. The van der Waals surface area contributed by atoms with Gasteiger partial charge in [0, 0.05) is 4.88 Å². The first-order chi connectivity index (χ1) is 8.39. The van der Waals surface area contributed by atoms with E-state index in [4.69, 9.17) is 0 Å². The Bertz CT molecular complexity index is 545. The SMILES string of the molecule is Cc1sccc1C(O)c1cccc(C(F)(F)F)c1. The molecule has 0 aliphatic heterocycles. The molecule has 0 spiro atoms. The third-order valence-electron chi connectivity index (χ3n) is 2.72. The number of thiophene rings is 1. The zero-order chi connectivity index (χ0) is 13.3. The average Bonchev–Trinajstić information content (AvgIpc) is 2.73. The number of rotatable bonds is 2. The highest BCUT2D eigenvalue weighted by atomic mass is 32.1. The van der Waals surface area contributed by atoms with Crippen LogP contribution in [0.25, 0.3) is 0 Å². The van der Waals surface area contributed by atoms with Gasteiger partial charge in [0.05, 0.1) is 5.56 Å². The normalized spacial score (nSPS) is 13.6. The van der Waals surface area contributed by atoms with Crippen LogP contribution in [0.4, 0.5) is 13.2 Å². The van der Waals surface area contributed by atoms with E-state index in [-0.39, 0.29) is 5.56 Å². The fourth-order valence-electron chi connectivity index (χ4n) is 1.74. The van der Waals surface area contributed by atoms with Crippen LogP contribution in [-0.2, 0) is 6.18 Å². The Morgan fingerprint density at radius 1 is 1.22 bits per heavy atom. The molecule has 1 heterocycles. The molecule has 0 saturated carbocycles. The molecule has 1 aromatic carbocycles. The van der Waals surface area contributed by atoms with Crippen LogP contribution in [0.15, 0.2) is 35.7 Å². The lowest BCUT2D eigenvalue weighted by Gasteiger charge is -2.13. The van der Waals surface area contributed by atoms with Crippen molar-refractivity contribution in [2.45, 2.75) is 19.2 Å². The van der Waals surface area contributed by atoms with Gasteiger partial charge in [0.25, 0.3) is 0 Å². The summed E-state index contributed by atoms with van der Waals surface area (Å²) in [6.07, 6.45) is -5.40. The van der Waals surface area contributed by atoms with Crippen molar-refractivity contribution in [2.75, 3.05) is 0 Å². The van der Waals surface area contributed by atoms with Crippen LogP contribution < -0.4 is 0 Å². The quantitative estimate of drug-likeness (QED) is 0.870. The van der Waals surface area contributed by atoms with Crippen molar-refractivity contribution in [2.24, 2.45) is 0 Å². The molecule has 1 aromatic heterocycles. The number of hydrogen-bond donors (Lipinski definition) is 1. The highest BCUT2D eigenvalue weighted by Crippen LogP contribution is 2.33. The third kappa shape index (κ3) is 2.57. The molecule has 18 heavy (non-hydrogen) atoms. The van der Waals surface area contributed by atoms with Gasteiger partial charge in [-0.2, -0.15) is 13.2 Å². The van der Waals surface area contributed by atoms with Crippen LogP contribution in [0.5, 0.6) is 0 Å². The second-order valence-electron chi connectivity index (χ2n) is 3.96. The van der Waals surface area contributed by atoms with E-state index >= 15 is 0 Å². The van der Waals surface area contributed by atoms with Crippen LogP contribution >= 0.6 is 11.3 Å². The maximum absolute atomic E-state index is 12.6. The summed E-state index contributed by atoms with van der Waals surface area (Å²) in [5, 5.41) is 11.9. The lowest BCUT2D eigenvalue weighted by atomic mass is 10.0. The van der Waals surface area contributed by atoms with Crippen LogP contribution in [0.2, 0.25) is 0 Å². The van der Waals surface area contributed by atoms with E-state index in [9.17, 15) is 18.3 Å². The van der Waals surface area contributed by atoms with Crippen LogP contribution in [0, 0.1) is 6.92 Å². The topological polar surface area (TPSA) is 20.2 Å². The highest BCUT2D eigenvalue weighted by Gasteiger charge is 2.31. The van der Waals surface area contributed by atoms with Crippen LogP contribution in [0.3, 0.4) is 0 Å². The summed E-state index contributed by atoms with van der Waals surface area (Å²) in [5.41, 5.74) is 0.164. The van der Waals surface area contributed by atoms with E-state index in [1.807, 2.05) is 12.3 Å². The summed E-state index contributed by atoms with van der Waals surface area (Å²) in [6.45, 7) is 1.83. The fraction of sp³-hybridized carbons (Fsp3) is 0.231. The van der Waals surface area contributed by atoms with E-state index in [1.54, 1.807) is 6.07 Å². The predicted molar refractivity (Wildman–Crippen MR) is 64.6 cm³/mol. The molecular weight excluding hydrogens is 261 g/mol. The van der Waals surface area contributed by atoms with Gasteiger partial charge in [-0.05, 0) is 41.6 Å². The summed E-state index contributed by atoms with van der Waals surface area (Å²) >= 11 is 1.45. The molecule has 1 nitrogen and oxygen atoms in total. The number of hydrogen-bond acceptors (Lipinski definition) is 2. The van der Waals surface area contributed by atoms with Gasteiger partial charge in [-0.3, -0.25) is 0 Å². The number of aryl methyl sites for hydroxylation is 1. The largest absolute Gasteiger partial charge is 0.416 e. The van der Waals surface area contributed by atoms with Crippen LogP contribution in [0.1, 0.15) is 27.7 Å². The Labute approximate surface area is 107 Å². The average molecular weight is 272 g/mol. The monoisotopic (exact) mass is 272 g/mol. The van der Waals surface area contributed by atoms with Crippen molar-refractivity contribution < 1.29 is 18.3 Å². The number of aliphatic hydroxyl groups is 1. The molecule has 1 atom stereocenters. The summed E-state index contributed by atoms with van der Waals surface area (Å²) < 4.78 is 37.7. The summed E-state index contributed by atoms with van der Waals surface area (Å²) in [5.74, 6) is 0. The maximum atomic E-state index is 12.6. The molecule has 0 fully saturated rings. The van der Waals surface area contributed by atoms with Crippen molar-refractivity contribution in [3.05, 3.63) is 57.3 Å². The predicted octanol–water partition coefficient (Wildman–Crippen LogP) is 4.16. The minimum absolute atomic E-state index is 0.256. The highest BCUT2D eigenvalue weighted by molar-refractivity contribution is 7.10. The number of halogens is 3. The summed E-state index contributed by atoms with van der Waals surface area (Å²) in [4.78, 5) is 0.903. The number of benzene rings is 1. The molecule has 96 valence electrons. The minimum Gasteiger partial charge on any atom is -0.384 e. The third-order valence-corrected chi connectivity index (χ3v) is 3.58. The van der Waals surface area contributed by atoms with Gasteiger partial charge >= 0.3 is 6.18 Å². The molecule has 2 aromatic rings. The van der Waals surface area contributed by atoms with Crippen molar-refractivity contribution >= 4 is 11.3 Å². The molecule has 5 heteroatoms. The van der Waals surface area contributed by atoms with Gasteiger partial charge in [0.15, 0.2) is 0 Å². The van der Waals surface area contributed by atoms with E-state index in [1.165, 1.54) is 23.5 Å². The van der Waals surface area contributed by atoms with Gasteiger partial charge in [-0.15, -0.1) is 11.3 Å². The van der Waals surface area contributed by atoms with E-state index in [0.717, 1.165) is 17.0 Å². The Morgan fingerprint density at radius 2 is 1.94 bits per heavy atom. The molecule has 0 aliphatic carbocycles. The van der Waals surface area contributed by atoms with E-state index in [2.05, 4.69) is 0 Å². The molecule has 0 amide bonds. The molecule has 0 aliphatic rings. The smallest absolute Gasteiger partial charge is 0.384 e. The second-order valence-corrected chi connectivity index (χ2v) is 5.08. The number of aliphatic hydroxyl groups excluding tert-OH is 1. The zero-order valence-electron chi connectivity index (χ0n) is 9.53. The molecule has 0 radical (unpaired) electrons. The first kappa shape index (κ1) is 13.1. The fourth-order valence-corrected chi connectivity index (χ4v) is 2.48. The molecule has 2 rings (SSSR count). The molecule has 1 N–H and O–H groups in total. The first-order valence-electron chi connectivity index (χ1n) is 5.29. The summed E-state index contributed by atoms with van der Waals surface area (Å²) in [7, 11) is 0. The molecule has 0 saturated heterocycles. The van der Waals surface area contributed by atoms with Gasteiger partial charge in [-0.25, -0.2) is 0 Å². The standard InChI is InChI=1S/C13H11F3OS/c1-8-11(5-6-18-8)12(17)9-3-2-4-10(7-9)13(14,15)16/h2-7,12,17H,1H3.